The Morgan fingerprint density at radius 2 is 2.00 bits per heavy atom. The molecule has 7 nitrogen and oxygen atoms in total. The number of anilines is 1. The van der Waals surface area contributed by atoms with E-state index >= 15 is 0 Å². The maximum absolute atomic E-state index is 13.5. The fourth-order valence-electron chi connectivity index (χ4n) is 1.69. The van der Waals surface area contributed by atoms with Crippen LogP contribution in [0.2, 0.25) is 0 Å². The number of nitrogens with one attached hydrogen (secondary N) is 1. The molecule has 0 aliphatic rings. The Labute approximate surface area is 117 Å². The first-order valence-corrected chi connectivity index (χ1v) is 5.86. The molecule has 1 aromatic rings. The van der Waals surface area contributed by atoms with E-state index in [1.54, 1.807) is 0 Å². The molecule has 9 heteroatoms. The zero-order chi connectivity index (χ0) is 16.2. The first-order valence-electron chi connectivity index (χ1n) is 5.86. The summed E-state index contributed by atoms with van der Waals surface area (Å²) in [6.07, 6.45) is -0.583. The van der Waals surface area contributed by atoms with Crippen LogP contribution in [0.4, 0.5) is 20.2 Å². The molecule has 0 spiro atoms. The highest BCUT2D eigenvalue weighted by Gasteiger charge is 2.24. The van der Waals surface area contributed by atoms with Crippen LogP contribution in [-0.4, -0.2) is 21.9 Å². The third-order valence-electron chi connectivity index (χ3n) is 2.59. The molecule has 114 valence electrons. The number of nitro benzene ring substituents is 1. The summed E-state index contributed by atoms with van der Waals surface area (Å²) in [7, 11) is 0. The van der Waals surface area contributed by atoms with Gasteiger partial charge in [-0.2, -0.15) is 0 Å². The SMILES string of the molecule is CC(CC(=O)O)CC(=O)Nc1c([N+](=O)[O-])ccc(F)c1F. The lowest BCUT2D eigenvalue weighted by Crippen LogP contribution is -2.18. The third-order valence-corrected chi connectivity index (χ3v) is 2.59. The maximum Gasteiger partial charge on any atom is 0.303 e. The number of carbonyl (C=O) groups is 2. The molecule has 2 N–H and O–H groups in total. The van der Waals surface area contributed by atoms with E-state index in [-0.39, 0.29) is 12.8 Å². The van der Waals surface area contributed by atoms with Crippen LogP contribution in [0, 0.1) is 27.7 Å². The molecule has 0 aromatic heterocycles. The van der Waals surface area contributed by atoms with E-state index in [0.29, 0.717) is 6.07 Å². The summed E-state index contributed by atoms with van der Waals surface area (Å²) in [5, 5.41) is 21.2. The van der Waals surface area contributed by atoms with Crippen molar-refractivity contribution in [2.75, 3.05) is 5.32 Å². The Hall–Kier alpha value is -2.58. The van der Waals surface area contributed by atoms with Crippen LogP contribution in [0.5, 0.6) is 0 Å². The van der Waals surface area contributed by atoms with Crippen LogP contribution < -0.4 is 5.32 Å². The quantitative estimate of drug-likeness (QED) is 0.619. The fourth-order valence-corrected chi connectivity index (χ4v) is 1.69. The average Bonchev–Trinajstić information content (AvgIpc) is 2.33. The highest BCUT2D eigenvalue weighted by Crippen LogP contribution is 2.29. The summed E-state index contributed by atoms with van der Waals surface area (Å²) < 4.78 is 26.6. The molecule has 0 bridgehead atoms. The zero-order valence-corrected chi connectivity index (χ0v) is 10.9. The Bertz CT molecular complexity index is 591. The highest BCUT2D eigenvalue weighted by molar-refractivity contribution is 5.93. The van der Waals surface area contributed by atoms with Gasteiger partial charge in [0.25, 0.3) is 5.69 Å². The maximum atomic E-state index is 13.5. The van der Waals surface area contributed by atoms with Crippen molar-refractivity contribution >= 4 is 23.3 Å². The molecule has 0 aliphatic carbocycles. The van der Waals surface area contributed by atoms with E-state index in [1.165, 1.54) is 6.92 Å². The van der Waals surface area contributed by atoms with Gasteiger partial charge in [-0.3, -0.25) is 19.7 Å². The van der Waals surface area contributed by atoms with Crippen molar-refractivity contribution in [1.29, 1.82) is 0 Å². The second-order valence-corrected chi connectivity index (χ2v) is 4.47. The first-order chi connectivity index (χ1) is 9.72. The number of rotatable bonds is 6. The van der Waals surface area contributed by atoms with Gasteiger partial charge in [-0.25, -0.2) is 8.78 Å². The summed E-state index contributed by atoms with van der Waals surface area (Å²) in [4.78, 5) is 31.9. The van der Waals surface area contributed by atoms with Crippen LogP contribution in [0.3, 0.4) is 0 Å². The van der Waals surface area contributed by atoms with E-state index < -0.39 is 45.7 Å². The van der Waals surface area contributed by atoms with Gasteiger partial charge >= 0.3 is 5.97 Å². The molecular weight excluding hydrogens is 290 g/mol. The van der Waals surface area contributed by atoms with Crippen LogP contribution in [0.1, 0.15) is 19.8 Å². The largest absolute Gasteiger partial charge is 0.481 e. The second kappa shape index (κ2) is 6.73. The van der Waals surface area contributed by atoms with Crippen molar-refractivity contribution in [3.8, 4) is 0 Å². The van der Waals surface area contributed by atoms with Crippen LogP contribution in [0.15, 0.2) is 12.1 Å². The number of carboxylic acid groups (broad SMARTS) is 1. The molecule has 1 rings (SSSR count). The number of hydrogen-bond donors (Lipinski definition) is 2. The molecule has 21 heavy (non-hydrogen) atoms. The molecule has 0 aliphatic heterocycles. The lowest BCUT2D eigenvalue weighted by molar-refractivity contribution is -0.384. The number of nitro groups is 1. The molecule has 0 heterocycles. The molecule has 1 atom stereocenters. The summed E-state index contributed by atoms with van der Waals surface area (Å²) in [6.45, 7) is 1.48. The third kappa shape index (κ3) is 4.48. The molecule has 0 saturated heterocycles. The van der Waals surface area contributed by atoms with Gasteiger partial charge in [-0.15, -0.1) is 0 Å². The molecule has 0 radical (unpaired) electrons. The minimum atomic E-state index is -1.54. The smallest absolute Gasteiger partial charge is 0.303 e. The highest BCUT2D eigenvalue weighted by atomic mass is 19.2. The number of amides is 1. The van der Waals surface area contributed by atoms with Gasteiger partial charge in [0.05, 0.1) is 4.92 Å². The number of benzene rings is 1. The van der Waals surface area contributed by atoms with Gasteiger partial charge in [-0.1, -0.05) is 6.92 Å². The Morgan fingerprint density at radius 3 is 2.52 bits per heavy atom. The molecule has 1 unspecified atom stereocenters. The Kier molecular flexibility index (Phi) is 5.28. The van der Waals surface area contributed by atoms with Gasteiger partial charge in [0.1, 0.15) is 0 Å². The fraction of sp³-hybridized carbons (Fsp3) is 0.333. The van der Waals surface area contributed by atoms with Crippen molar-refractivity contribution < 1.29 is 28.4 Å². The predicted octanol–water partition coefficient (Wildman–Crippen LogP) is 2.31. The van der Waals surface area contributed by atoms with E-state index in [0.717, 1.165) is 6.07 Å². The minimum Gasteiger partial charge on any atom is -0.481 e. The molecule has 1 amide bonds. The average molecular weight is 302 g/mol. The van der Waals surface area contributed by atoms with Crippen molar-refractivity contribution in [3.05, 3.63) is 33.9 Å². The number of nitrogens with zero attached hydrogens (tertiary/aromatic N) is 1. The van der Waals surface area contributed by atoms with E-state index in [2.05, 4.69) is 0 Å². The van der Waals surface area contributed by atoms with Gasteiger partial charge in [0, 0.05) is 18.9 Å². The van der Waals surface area contributed by atoms with Crippen molar-refractivity contribution in [3.63, 3.8) is 0 Å². The second-order valence-electron chi connectivity index (χ2n) is 4.47. The summed E-state index contributed by atoms with van der Waals surface area (Å²) in [5.41, 5.74) is -1.65. The summed E-state index contributed by atoms with van der Waals surface area (Å²) in [6, 6.07) is 1.31. The van der Waals surface area contributed by atoms with E-state index in [9.17, 15) is 28.5 Å². The molecule has 1 aromatic carbocycles. The first kappa shape index (κ1) is 16.5. The molecule has 0 saturated carbocycles. The number of hydrogen-bond acceptors (Lipinski definition) is 4. The number of carbonyl (C=O) groups excluding carboxylic acids is 1. The number of aliphatic carboxylic acids is 1. The Morgan fingerprint density at radius 1 is 1.38 bits per heavy atom. The van der Waals surface area contributed by atoms with Crippen LogP contribution in [0.25, 0.3) is 0 Å². The van der Waals surface area contributed by atoms with Crippen LogP contribution >= 0.6 is 0 Å². The van der Waals surface area contributed by atoms with E-state index in [1.807, 2.05) is 5.32 Å². The van der Waals surface area contributed by atoms with Gasteiger partial charge < -0.3 is 10.4 Å². The van der Waals surface area contributed by atoms with Crippen molar-refractivity contribution in [2.24, 2.45) is 5.92 Å². The topological polar surface area (TPSA) is 110 Å². The molecule has 0 fully saturated rings. The number of carboxylic acids is 1. The Balaban J connectivity index is 2.92. The lowest BCUT2D eigenvalue weighted by Gasteiger charge is -2.10. The van der Waals surface area contributed by atoms with Crippen molar-refractivity contribution in [1.82, 2.24) is 0 Å². The minimum absolute atomic E-state index is 0.291. The monoisotopic (exact) mass is 302 g/mol. The van der Waals surface area contributed by atoms with Crippen molar-refractivity contribution in [2.45, 2.75) is 19.8 Å². The van der Waals surface area contributed by atoms with Crippen LogP contribution in [-0.2, 0) is 9.59 Å². The summed E-state index contributed by atoms with van der Waals surface area (Å²) >= 11 is 0. The standard InChI is InChI=1S/C12H12F2N2O5/c1-6(5-10(18)19)4-9(17)15-12-8(16(20)21)3-2-7(13)11(12)14/h2-3,6H,4-5H2,1H3,(H,15,17)(H,18,19). The summed E-state index contributed by atoms with van der Waals surface area (Å²) in [5.74, 6) is -5.38. The molecular formula is C12H12F2N2O5. The normalized spacial score (nSPS) is 11.8. The lowest BCUT2D eigenvalue weighted by atomic mass is 10.0. The number of halogens is 2. The van der Waals surface area contributed by atoms with Gasteiger partial charge in [0.2, 0.25) is 5.91 Å². The van der Waals surface area contributed by atoms with Gasteiger partial charge in [-0.05, 0) is 12.0 Å². The van der Waals surface area contributed by atoms with Gasteiger partial charge in [0.15, 0.2) is 17.3 Å². The zero-order valence-electron chi connectivity index (χ0n) is 10.9. The predicted molar refractivity (Wildman–Crippen MR) is 67.7 cm³/mol. The van der Waals surface area contributed by atoms with E-state index in [4.69, 9.17) is 5.11 Å².